The Morgan fingerprint density at radius 3 is 2.80 bits per heavy atom. The van der Waals surface area contributed by atoms with Gasteiger partial charge in [-0.2, -0.15) is 0 Å². The molecule has 112 valence electrons. The van der Waals surface area contributed by atoms with Crippen molar-refractivity contribution in [3.8, 4) is 5.75 Å². The first-order valence-electron chi connectivity index (χ1n) is 6.97. The Morgan fingerprint density at radius 2 is 2.20 bits per heavy atom. The van der Waals surface area contributed by atoms with E-state index in [1.165, 1.54) is 13.2 Å². The highest BCUT2D eigenvalue weighted by molar-refractivity contribution is 5.31. The average molecular weight is 282 g/mol. The Morgan fingerprint density at radius 1 is 1.45 bits per heavy atom. The second kappa shape index (κ2) is 6.52. The molecule has 2 atom stereocenters. The van der Waals surface area contributed by atoms with E-state index in [1.54, 1.807) is 12.1 Å². The number of halogens is 1. The molecule has 1 aromatic rings. The summed E-state index contributed by atoms with van der Waals surface area (Å²) in [5.41, 5.74) is 6.67. The lowest BCUT2D eigenvalue weighted by molar-refractivity contribution is -0.0506. The number of hydrogen-bond donors (Lipinski definition) is 1. The molecule has 0 saturated carbocycles. The van der Waals surface area contributed by atoms with Crippen LogP contribution in [0.3, 0.4) is 0 Å². The third-order valence-corrected chi connectivity index (χ3v) is 3.82. The van der Waals surface area contributed by atoms with Crippen molar-refractivity contribution in [2.45, 2.75) is 32.0 Å². The fourth-order valence-corrected chi connectivity index (χ4v) is 2.49. The monoisotopic (exact) mass is 282 g/mol. The van der Waals surface area contributed by atoms with E-state index in [9.17, 15) is 4.39 Å². The zero-order valence-corrected chi connectivity index (χ0v) is 12.3. The maximum atomic E-state index is 14.1. The van der Waals surface area contributed by atoms with Crippen LogP contribution in [0.25, 0.3) is 0 Å². The van der Waals surface area contributed by atoms with Crippen LogP contribution in [0.2, 0.25) is 0 Å². The molecule has 1 aromatic carbocycles. The van der Waals surface area contributed by atoms with E-state index in [4.69, 9.17) is 15.2 Å². The van der Waals surface area contributed by atoms with Gasteiger partial charge in [-0.1, -0.05) is 6.07 Å². The van der Waals surface area contributed by atoms with Crippen LogP contribution >= 0.6 is 0 Å². The molecule has 20 heavy (non-hydrogen) atoms. The van der Waals surface area contributed by atoms with Crippen molar-refractivity contribution in [1.82, 2.24) is 4.90 Å². The molecule has 5 heteroatoms. The zero-order valence-electron chi connectivity index (χ0n) is 12.3. The second-order valence-corrected chi connectivity index (χ2v) is 5.41. The second-order valence-electron chi connectivity index (χ2n) is 5.41. The first-order valence-corrected chi connectivity index (χ1v) is 6.97. The van der Waals surface area contributed by atoms with Gasteiger partial charge in [-0.25, -0.2) is 4.39 Å². The highest BCUT2D eigenvalue weighted by Crippen LogP contribution is 2.26. The highest BCUT2D eigenvalue weighted by Gasteiger charge is 2.29. The lowest BCUT2D eigenvalue weighted by Gasteiger charge is -2.38. The fraction of sp³-hybridized carbons (Fsp3) is 0.600. The van der Waals surface area contributed by atoms with Gasteiger partial charge in [0.15, 0.2) is 0 Å². The SMILES string of the molecule is COc1ccc(C(N)C2CN(C(C)C)CCO2)c(F)c1. The largest absolute Gasteiger partial charge is 0.497 e. The Hall–Kier alpha value is -1.17. The summed E-state index contributed by atoms with van der Waals surface area (Å²) in [6.45, 7) is 6.54. The molecular weight excluding hydrogens is 259 g/mol. The molecule has 1 aliphatic rings. The lowest BCUT2D eigenvalue weighted by Crippen LogP contribution is -2.49. The van der Waals surface area contributed by atoms with Crippen molar-refractivity contribution in [3.63, 3.8) is 0 Å². The van der Waals surface area contributed by atoms with E-state index in [0.717, 1.165) is 13.1 Å². The van der Waals surface area contributed by atoms with Crippen molar-refractivity contribution in [2.75, 3.05) is 26.8 Å². The first kappa shape index (κ1) is 15.2. The number of nitrogens with zero attached hydrogens (tertiary/aromatic N) is 1. The van der Waals surface area contributed by atoms with E-state index < -0.39 is 6.04 Å². The molecule has 0 bridgehead atoms. The fourth-order valence-electron chi connectivity index (χ4n) is 2.49. The molecule has 1 aliphatic heterocycles. The molecule has 1 fully saturated rings. The van der Waals surface area contributed by atoms with Gasteiger partial charge in [0.1, 0.15) is 11.6 Å². The van der Waals surface area contributed by atoms with Gasteiger partial charge in [-0.3, -0.25) is 4.90 Å². The van der Waals surface area contributed by atoms with E-state index in [0.29, 0.717) is 24.0 Å². The summed E-state index contributed by atoms with van der Waals surface area (Å²) in [7, 11) is 1.51. The average Bonchev–Trinajstić information content (AvgIpc) is 2.46. The molecule has 1 saturated heterocycles. The minimum atomic E-state index is -0.470. The molecule has 2 rings (SSSR count). The normalized spacial score (nSPS) is 22.0. The third-order valence-electron chi connectivity index (χ3n) is 3.82. The van der Waals surface area contributed by atoms with Crippen LogP contribution < -0.4 is 10.5 Å². The van der Waals surface area contributed by atoms with Gasteiger partial charge in [0.25, 0.3) is 0 Å². The summed E-state index contributed by atoms with van der Waals surface area (Å²) in [5, 5.41) is 0. The van der Waals surface area contributed by atoms with E-state index >= 15 is 0 Å². The quantitative estimate of drug-likeness (QED) is 0.917. The Balaban J connectivity index is 2.12. The number of hydrogen-bond acceptors (Lipinski definition) is 4. The highest BCUT2D eigenvalue weighted by atomic mass is 19.1. The minimum absolute atomic E-state index is 0.186. The summed E-state index contributed by atoms with van der Waals surface area (Å²) in [6, 6.07) is 4.73. The Labute approximate surface area is 119 Å². The van der Waals surface area contributed by atoms with Crippen molar-refractivity contribution in [3.05, 3.63) is 29.6 Å². The van der Waals surface area contributed by atoms with E-state index in [2.05, 4.69) is 18.7 Å². The Kier molecular flexibility index (Phi) is 4.96. The first-order chi connectivity index (χ1) is 9.52. The minimum Gasteiger partial charge on any atom is -0.497 e. The molecule has 0 amide bonds. The van der Waals surface area contributed by atoms with Crippen LogP contribution in [0.4, 0.5) is 4.39 Å². The van der Waals surface area contributed by atoms with Gasteiger partial charge >= 0.3 is 0 Å². The van der Waals surface area contributed by atoms with Gasteiger partial charge in [0.2, 0.25) is 0 Å². The predicted octanol–water partition coefficient (Wildman–Crippen LogP) is 1.94. The van der Waals surface area contributed by atoms with Crippen LogP contribution in [0.15, 0.2) is 18.2 Å². The molecule has 0 aliphatic carbocycles. The molecule has 2 N–H and O–H groups in total. The van der Waals surface area contributed by atoms with E-state index in [-0.39, 0.29) is 11.9 Å². The zero-order chi connectivity index (χ0) is 14.7. The van der Waals surface area contributed by atoms with Crippen LogP contribution in [0, 0.1) is 5.82 Å². The van der Waals surface area contributed by atoms with Crippen molar-refractivity contribution in [1.29, 1.82) is 0 Å². The topological polar surface area (TPSA) is 47.7 Å². The van der Waals surface area contributed by atoms with Crippen molar-refractivity contribution < 1.29 is 13.9 Å². The van der Waals surface area contributed by atoms with Crippen molar-refractivity contribution >= 4 is 0 Å². The molecule has 2 unspecified atom stereocenters. The van der Waals surface area contributed by atoms with Crippen molar-refractivity contribution in [2.24, 2.45) is 5.73 Å². The molecular formula is C15H23FN2O2. The molecule has 1 heterocycles. The molecule has 0 aromatic heterocycles. The van der Waals surface area contributed by atoms with Gasteiger partial charge in [-0.15, -0.1) is 0 Å². The number of morpholine rings is 1. The van der Waals surface area contributed by atoms with Crippen LogP contribution in [-0.2, 0) is 4.74 Å². The van der Waals surface area contributed by atoms with Crippen LogP contribution in [0.1, 0.15) is 25.5 Å². The summed E-state index contributed by atoms with van der Waals surface area (Å²) in [5.74, 6) is 0.147. The maximum Gasteiger partial charge on any atom is 0.131 e. The number of methoxy groups -OCH3 is 1. The predicted molar refractivity (Wildman–Crippen MR) is 76.3 cm³/mol. The van der Waals surface area contributed by atoms with E-state index in [1.807, 2.05) is 0 Å². The molecule has 4 nitrogen and oxygen atoms in total. The van der Waals surface area contributed by atoms with Crippen LogP contribution in [0.5, 0.6) is 5.75 Å². The lowest BCUT2D eigenvalue weighted by atomic mass is 9.99. The molecule has 0 spiro atoms. The number of benzene rings is 1. The number of nitrogens with two attached hydrogens (primary N) is 1. The number of ether oxygens (including phenoxy) is 2. The summed E-state index contributed by atoms with van der Waals surface area (Å²) < 4.78 is 24.8. The Bertz CT molecular complexity index is 453. The summed E-state index contributed by atoms with van der Waals surface area (Å²) >= 11 is 0. The van der Waals surface area contributed by atoms with Gasteiger partial charge < -0.3 is 15.2 Å². The number of rotatable bonds is 4. The third kappa shape index (κ3) is 3.29. The summed E-state index contributed by atoms with van der Waals surface area (Å²) in [4.78, 5) is 2.30. The smallest absolute Gasteiger partial charge is 0.131 e. The van der Waals surface area contributed by atoms with Gasteiger partial charge in [0.05, 0.1) is 25.9 Å². The molecule has 0 radical (unpaired) electrons. The van der Waals surface area contributed by atoms with Crippen LogP contribution in [-0.4, -0.2) is 43.9 Å². The maximum absolute atomic E-state index is 14.1. The summed E-state index contributed by atoms with van der Waals surface area (Å²) in [6.07, 6.45) is -0.186. The standard InChI is InChI=1S/C15H23FN2O2/c1-10(2)18-6-7-20-14(9-18)15(17)12-5-4-11(19-3)8-13(12)16/h4-5,8,10,14-15H,6-7,9,17H2,1-3H3. The van der Waals surface area contributed by atoms with Gasteiger partial charge in [-0.05, 0) is 19.9 Å². The van der Waals surface area contributed by atoms with Gasteiger partial charge in [0, 0.05) is 30.8 Å².